The van der Waals surface area contributed by atoms with E-state index < -0.39 is 11.9 Å². The van der Waals surface area contributed by atoms with E-state index in [0.29, 0.717) is 11.1 Å². The summed E-state index contributed by atoms with van der Waals surface area (Å²) in [5.74, 6) is -1.25. The summed E-state index contributed by atoms with van der Waals surface area (Å²) in [6.45, 7) is 0.916. The van der Waals surface area contributed by atoms with E-state index >= 15 is 0 Å². The fourth-order valence-corrected chi connectivity index (χ4v) is 1.35. The number of carbonyl (C=O) groups excluding carboxylic acids is 2. The van der Waals surface area contributed by atoms with Crippen LogP contribution in [0.4, 0.5) is 0 Å². The second-order valence-electron chi connectivity index (χ2n) is 3.42. The molecule has 0 aliphatic heterocycles. The first-order valence-corrected chi connectivity index (χ1v) is 5.04. The average molecular weight is 249 g/mol. The molecule has 1 aromatic carbocycles. The predicted molar refractivity (Wildman–Crippen MR) is 61.3 cm³/mol. The van der Waals surface area contributed by atoms with Crippen molar-refractivity contribution >= 4 is 11.9 Å². The number of aliphatic hydroxyl groups excluding tert-OH is 1. The van der Waals surface area contributed by atoms with Crippen molar-refractivity contribution in [2.24, 2.45) is 5.11 Å². The molecule has 1 amide bonds. The number of azide groups is 1. The Kier molecular flexibility index (Phi) is 4.86. The molecule has 18 heavy (non-hydrogen) atoms. The topological polar surface area (TPSA) is 112 Å². The molecule has 7 heteroatoms. The molecule has 0 radical (unpaired) electrons. The standard InChI is InChI=1S/C11H11N3O4/c1-7(16)18-6-9-4-8(5-15)2-3-10(9)11(17)13-14-12/h2-4,15H,5-6H2,1H3. The molecule has 0 bridgehead atoms. The van der Waals surface area contributed by atoms with E-state index in [9.17, 15) is 9.59 Å². The van der Waals surface area contributed by atoms with Crippen LogP contribution in [0, 0.1) is 0 Å². The van der Waals surface area contributed by atoms with Gasteiger partial charge in [-0.3, -0.25) is 9.59 Å². The fraction of sp³-hybridized carbons (Fsp3) is 0.273. The molecule has 0 aliphatic rings. The minimum Gasteiger partial charge on any atom is -0.461 e. The summed E-state index contributed by atoms with van der Waals surface area (Å²) in [5, 5.41) is 12.0. The highest BCUT2D eigenvalue weighted by Crippen LogP contribution is 2.15. The van der Waals surface area contributed by atoms with Gasteiger partial charge >= 0.3 is 5.97 Å². The molecule has 0 spiro atoms. The molecule has 94 valence electrons. The quantitative estimate of drug-likeness (QED) is 0.378. The third-order valence-electron chi connectivity index (χ3n) is 2.15. The third-order valence-corrected chi connectivity index (χ3v) is 2.15. The normalized spacial score (nSPS) is 9.44. The number of rotatable bonds is 4. The van der Waals surface area contributed by atoms with Crippen molar-refractivity contribution in [3.63, 3.8) is 0 Å². The molecule has 1 N–H and O–H groups in total. The molecule has 1 aromatic rings. The zero-order chi connectivity index (χ0) is 13.5. The number of nitrogens with zero attached hydrogens (tertiary/aromatic N) is 3. The highest BCUT2D eigenvalue weighted by Gasteiger charge is 2.11. The number of ether oxygens (including phenoxy) is 1. The Hall–Kier alpha value is -2.37. The van der Waals surface area contributed by atoms with E-state index in [0.717, 1.165) is 0 Å². The van der Waals surface area contributed by atoms with Crippen LogP contribution in [0.2, 0.25) is 0 Å². The van der Waals surface area contributed by atoms with E-state index in [1.54, 1.807) is 0 Å². The Morgan fingerprint density at radius 1 is 1.50 bits per heavy atom. The number of hydrogen-bond donors (Lipinski definition) is 1. The zero-order valence-corrected chi connectivity index (χ0v) is 9.66. The monoisotopic (exact) mass is 249 g/mol. The highest BCUT2D eigenvalue weighted by molar-refractivity contribution is 5.96. The van der Waals surface area contributed by atoms with Crippen molar-refractivity contribution in [2.45, 2.75) is 20.1 Å². The molecule has 0 atom stereocenters. The first-order chi connectivity index (χ1) is 8.58. The van der Waals surface area contributed by atoms with Gasteiger partial charge in [0, 0.05) is 23.0 Å². The van der Waals surface area contributed by atoms with Gasteiger partial charge in [-0.1, -0.05) is 12.1 Å². The summed E-state index contributed by atoms with van der Waals surface area (Å²) < 4.78 is 4.79. The molecule has 1 rings (SSSR count). The van der Waals surface area contributed by atoms with Crippen LogP contribution in [-0.4, -0.2) is 17.0 Å². The van der Waals surface area contributed by atoms with Crippen LogP contribution in [0.5, 0.6) is 0 Å². The second kappa shape index (κ2) is 6.39. The van der Waals surface area contributed by atoms with Gasteiger partial charge in [-0.15, -0.1) is 0 Å². The molecule has 0 fully saturated rings. The minimum atomic E-state index is -0.760. The molecule has 0 heterocycles. The molecule has 0 aromatic heterocycles. The maximum absolute atomic E-state index is 11.5. The molecule has 0 unspecified atom stereocenters. The van der Waals surface area contributed by atoms with Gasteiger partial charge in [-0.2, -0.15) is 0 Å². The molecular weight excluding hydrogens is 238 g/mol. The van der Waals surface area contributed by atoms with Crippen molar-refractivity contribution < 1.29 is 19.4 Å². The smallest absolute Gasteiger partial charge is 0.302 e. The minimum absolute atomic E-state index is 0.120. The summed E-state index contributed by atoms with van der Waals surface area (Å²) in [4.78, 5) is 24.6. The molecule has 7 nitrogen and oxygen atoms in total. The highest BCUT2D eigenvalue weighted by atomic mass is 16.5. The van der Waals surface area contributed by atoms with Crippen LogP contribution in [0.25, 0.3) is 10.4 Å². The Bertz CT molecular complexity index is 521. The Morgan fingerprint density at radius 2 is 2.22 bits per heavy atom. The van der Waals surface area contributed by atoms with Gasteiger partial charge in [-0.05, 0) is 22.3 Å². The summed E-state index contributed by atoms with van der Waals surface area (Å²) in [5.41, 5.74) is 9.31. The van der Waals surface area contributed by atoms with E-state index in [4.69, 9.17) is 15.4 Å². The molecule has 0 saturated carbocycles. The summed E-state index contributed by atoms with van der Waals surface area (Å²) >= 11 is 0. The van der Waals surface area contributed by atoms with Gasteiger partial charge in [0.05, 0.1) is 6.61 Å². The van der Waals surface area contributed by atoms with Gasteiger partial charge in [0.25, 0.3) is 0 Å². The van der Waals surface area contributed by atoms with Crippen molar-refractivity contribution in [3.8, 4) is 0 Å². The first kappa shape index (κ1) is 13.7. The van der Waals surface area contributed by atoms with Gasteiger partial charge in [0.2, 0.25) is 5.91 Å². The van der Waals surface area contributed by atoms with Crippen LogP contribution >= 0.6 is 0 Å². The maximum atomic E-state index is 11.5. The lowest BCUT2D eigenvalue weighted by Gasteiger charge is -2.08. The summed E-state index contributed by atoms with van der Waals surface area (Å²) in [7, 11) is 0. The van der Waals surface area contributed by atoms with E-state index in [2.05, 4.69) is 10.0 Å². The number of carbonyl (C=O) groups is 2. The lowest BCUT2D eigenvalue weighted by Crippen LogP contribution is -2.06. The number of aliphatic hydroxyl groups is 1. The summed E-state index contributed by atoms with van der Waals surface area (Å²) in [6, 6.07) is 4.46. The lowest BCUT2D eigenvalue weighted by atomic mass is 10.0. The number of benzene rings is 1. The third kappa shape index (κ3) is 3.58. The largest absolute Gasteiger partial charge is 0.461 e. The van der Waals surface area contributed by atoms with Crippen LogP contribution in [-0.2, 0) is 22.7 Å². The van der Waals surface area contributed by atoms with Crippen molar-refractivity contribution in [1.29, 1.82) is 0 Å². The molecule has 0 aliphatic carbocycles. The van der Waals surface area contributed by atoms with Crippen LogP contribution in [0.1, 0.15) is 28.4 Å². The van der Waals surface area contributed by atoms with Gasteiger partial charge < -0.3 is 9.84 Å². The van der Waals surface area contributed by atoms with Crippen LogP contribution in [0.3, 0.4) is 0 Å². The zero-order valence-electron chi connectivity index (χ0n) is 9.66. The van der Waals surface area contributed by atoms with Gasteiger partial charge in [-0.25, -0.2) is 0 Å². The van der Waals surface area contributed by atoms with Crippen LogP contribution < -0.4 is 0 Å². The van der Waals surface area contributed by atoms with E-state index in [1.165, 1.54) is 25.1 Å². The maximum Gasteiger partial charge on any atom is 0.302 e. The predicted octanol–water partition coefficient (Wildman–Crippen LogP) is 1.69. The van der Waals surface area contributed by atoms with Gasteiger partial charge in [0.1, 0.15) is 6.61 Å². The first-order valence-electron chi connectivity index (χ1n) is 5.04. The Morgan fingerprint density at radius 3 is 2.78 bits per heavy atom. The lowest BCUT2D eigenvalue weighted by molar-refractivity contribution is -0.142. The number of hydrogen-bond acceptors (Lipinski definition) is 4. The fourth-order valence-electron chi connectivity index (χ4n) is 1.35. The summed E-state index contributed by atoms with van der Waals surface area (Å²) in [6.07, 6.45) is 0. The Balaban J connectivity index is 3.11. The van der Waals surface area contributed by atoms with Gasteiger partial charge in [0.15, 0.2) is 0 Å². The average Bonchev–Trinajstić information content (AvgIpc) is 2.36. The Labute approximate surface area is 103 Å². The van der Waals surface area contributed by atoms with Crippen molar-refractivity contribution in [1.82, 2.24) is 0 Å². The second-order valence-corrected chi connectivity index (χ2v) is 3.42. The van der Waals surface area contributed by atoms with E-state index in [1.807, 2.05) is 0 Å². The van der Waals surface area contributed by atoms with Crippen molar-refractivity contribution in [2.75, 3.05) is 0 Å². The SMILES string of the molecule is CC(=O)OCc1cc(CO)ccc1C(=O)N=[N+]=[N-]. The van der Waals surface area contributed by atoms with Crippen LogP contribution in [0.15, 0.2) is 23.3 Å². The number of esters is 1. The molecule has 0 saturated heterocycles. The van der Waals surface area contributed by atoms with Crippen molar-refractivity contribution in [3.05, 3.63) is 45.3 Å². The van der Waals surface area contributed by atoms with E-state index in [-0.39, 0.29) is 18.8 Å². The number of amides is 1. The molecular formula is C11H11N3O4.